The molecule has 0 aliphatic carbocycles. The summed E-state index contributed by atoms with van der Waals surface area (Å²) in [5.74, 6) is -1.51. The second kappa shape index (κ2) is 6.57. The van der Waals surface area contributed by atoms with Gasteiger partial charge in [0.15, 0.2) is 0 Å². The third-order valence-electron chi connectivity index (χ3n) is 2.68. The van der Waals surface area contributed by atoms with Crippen molar-refractivity contribution in [3.05, 3.63) is 40.9 Å². The van der Waals surface area contributed by atoms with Gasteiger partial charge >= 0.3 is 5.97 Å². The van der Waals surface area contributed by atoms with Crippen LogP contribution < -0.4 is 5.32 Å². The second-order valence-corrected chi connectivity index (χ2v) is 5.97. The number of carbonyl (C=O) groups is 2. The molecule has 1 rings (SSSR count). The number of rotatable bonds is 4. The zero-order valence-electron chi connectivity index (χ0n) is 11.7. The van der Waals surface area contributed by atoms with Crippen molar-refractivity contribution in [3.63, 3.8) is 0 Å². The molecule has 20 heavy (non-hydrogen) atoms. The van der Waals surface area contributed by atoms with E-state index in [0.717, 1.165) is 5.56 Å². The number of carboxylic acid groups (broad SMARTS) is 1. The number of carbonyl (C=O) groups excluding carboxylic acids is 1. The van der Waals surface area contributed by atoms with Gasteiger partial charge in [-0.3, -0.25) is 4.79 Å². The van der Waals surface area contributed by atoms with Gasteiger partial charge < -0.3 is 10.4 Å². The fourth-order valence-electron chi connectivity index (χ4n) is 1.62. The molecule has 0 bridgehead atoms. The summed E-state index contributed by atoms with van der Waals surface area (Å²) in [6.07, 6.45) is 2.89. The van der Waals surface area contributed by atoms with Crippen LogP contribution >= 0.6 is 11.6 Å². The van der Waals surface area contributed by atoms with E-state index in [1.807, 2.05) is 0 Å². The summed E-state index contributed by atoms with van der Waals surface area (Å²) in [6, 6.07) is 6.07. The molecule has 1 amide bonds. The van der Waals surface area contributed by atoms with Crippen LogP contribution in [0.3, 0.4) is 0 Å². The van der Waals surface area contributed by atoms with Gasteiger partial charge in [-0.1, -0.05) is 44.5 Å². The minimum absolute atomic E-state index is 0.452. The van der Waals surface area contributed by atoms with Crippen molar-refractivity contribution in [1.82, 2.24) is 5.32 Å². The maximum Gasteiger partial charge on any atom is 0.326 e. The maximum atomic E-state index is 11.8. The maximum absolute atomic E-state index is 11.8. The van der Waals surface area contributed by atoms with Crippen LogP contribution in [0, 0.1) is 5.41 Å². The molecule has 0 saturated carbocycles. The van der Waals surface area contributed by atoms with Crippen LogP contribution in [0.25, 0.3) is 6.08 Å². The first-order valence-corrected chi connectivity index (χ1v) is 6.55. The number of nitrogens with one attached hydrogen (secondary N) is 1. The predicted molar refractivity (Wildman–Crippen MR) is 79.5 cm³/mol. The van der Waals surface area contributed by atoms with Gasteiger partial charge in [-0.15, -0.1) is 0 Å². The lowest BCUT2D eigenvalue weighted by molar-refractivity contribution is -0.144. The minimum Gasteiger partial charge on any atom is -0.480 e. The molecule has 0 spiro atoms. The number of amides is 1. The Bertz CT molecular complexity index is 532. The van der Waals surface area contributed by atoms with Crippen molar-refractivity contribution in [3.8, 4) is 0 Å². The van der Waals surface area contributed by atoms with Gasteiger partial charge in [0.1, 0.15) is 6.04 Å². The van der Waals surface area contributed by atoms with Crippen molar-refractivity contribution < 1.29 is 14.7 Å². The van der Waals surface area contributed by atoms with E-state index >= 15 is 0 Å². The van der Waals surface area contributed by atoms with Gasteiger partial charge in [0, 0.05) is 11.1 Å². The Morgan fingerprint density at radius 1 is 1.35 bits per heavy atom. The largest absolute Gasteiger partial charge is 0.480 e. The molecule has 0 radical (unpaired) electrons. The highest BCUT2D eigenvalue weighted by atomic mass is 35.5. The summed E-state index contributed by atoms with van der Waals surface area (Å²) in [7, 11) is 0. The van der Waals surface area contributed by atoms with E-state index in [2.05, 4.69) is 5.32 Å². The van der Waals surface area contributed by atoms with Crippen molar-refractivity contribution in [1.29, 1.82) is 0 Å². The zero-order chi connectivity index (χ0) is 15.3. The van der Waals surface area contributed by atoms with Crippen LogP contribution in [0.15, 0.2) is 30.3 Å². The number of hydrogen-bond donors (Lipinski definition) is 2. The summed E-state index contributed by atoms with van der Waals surface area (Å²) >= 11 is 5.83. The van der Waals surface area contributed by atoms with Gasteiger partial charge in [0.25, 0.3) is 0 Å². The van der Waals surface area contributed by atoms with Crippen molar-refractivity contribution in [2.75, 3.05) is 0 Å². The lowest BCUT2D eigenvalue weighted by Gasteiger charge is -2.27. The van der Waals surface area contributed by atoms with E-state index < -0.39 is 23.3 Å². The average Bonchev–Trinajstić information content (AvgIpc) is 2.31. The first-order valence-electron chi connectivity index (χ1n) is 6.17. The molecule has 0 aliphatic rings. The first-order chi connectivity index (χ1) is 9.20. The van der Waals surface area contributed by atoms with Crippen LogP contribution in [0.5, 0.6) is 0 Å². The molecule has 108 valence electrons. The Morgan fingerprint density at radius 3 is 2.50 bits per heavy atom. The van der Waals surface area contributed by atoms with Crippen LogP contribution in [0.4, 0.5) is 0 Å². The molecule has 0 saturated heterocycles. The molecule has 5 heteroatoms. The minimum atomic E-state index is -1.05. The topological polar surface area (TPSA) is 66.4 Å². The van der Waals surface area contributed by atoms with Crippen LogP contribution in [-0.2, 0) is 9.59 Å². The molecule has 0 aromatic heterocycles. The number of benzene rings is 1. The smallest absolute Gasteiger partial charge is 0.326 e. The lowest BCUT2D eigenvalue weighted by Crippen LogP contribution is -2.48. The molecular weight excluding hydrogens is 278 g/mol. The number of hydrogen-bond acceptors (Lipinski definition) is 2. The van der Waals surface area contributed by atoms with Crippen molar-refractivity contribution in [2.45, 2.75) is 26.8 Å². The number of halogens is 1. The Kier molecular flexibility index (Phi) is 5.34. The molecule has 1 unspecified atom stereocenters. The van der Waals surface area contributed by atoms with E-state index in [1.165, 1.54) is 6.08 Å². The Balaban J connectivity index is 2.74. The standard InChI is InChI=1S/C15H18ClNO3/c1-15(2,3)13(14(19)20)17-12(18)8-7-10-5-4-6-11(16)9-10/h4-9,13H,1-3H3,(H,17,18)(H,19,20)/b8-7+. The molecule has 2 N–H and O–H groups in total. The number of carboxylic acids is 1. The monoisotopic (exact) mass is 295 g/mol. The molecule has 0 fully saturated rings. The summed E-state index contributed by atoms with van der Waals surface area (Å²) in [4.78, 5) is 22.9. The average molecular weight is 296 g/mol. The highest BCUT2D eigenvalue weighted by molar-refractivity contribution is 6.30. The molecule has 1 aromatic rings. The van der Waals surface area contributed by atoms with Crippen LogP contribution in [0.2, 0.25) is 5.02 Å². The molecule has 1 atom stereocenters. The predicted octanol–water partition coefficient (Wildman–Crippen LogP) is 2.97. The van der Waals surface area contributed by atoms with E-state index in [1.54, 1.807) is 51.1 Å². The Hall–Kier alpha value is -1.81. The van der Waals surface area contributed by atoms with E-state index in [4.69, 9.17) is 16.7 Å². The van der Waals surface area contributed by atoms with E-state index in [-0.39, 0.29) is 0 Å². The SMILES string of the molecule is CC(C)(C)C(NC(=O)/C=C/c1cccc(Cl)c1)C(=O)O. The van der Waals surface area contributed by atoms with Crippen LogP contribution in [-0.4, -0.2) is 23.0 Å². The lowest BCUT2D eigenvalue weighted by atomic mass is 9.87. The first kappa shape index (κ1) is 16.2. The third-order valence-corrected chi connectivity index (χ3v) is 2.91. The molecule has 0 heterocycles. The fourth-order valence-corrected chi connectivity index (χ4v) is 1.82. The molecular formula is C15H18ClNO3. The number of aliphatic carboxylic acids is 1. The molecule has 1 aromatic carbocycles. The second-order valence-electron chi connectivity index (χ2n) is 5.53. The summed E-state index contributed by atoms with van der Waals surface area (Å²) in [6.45, 7) is 5.27. The summed E-state index contributed by atoms with van der Waals surface area (Å²) in [5, 5.41) is 12.2. The van der Waals surface area contributed by atoms with Crippen molar-refractivity contribution >= 4 is 29.6 Å². The third kappa shape index (κ3) is 5.05. The van der Waals surface area contributed by atoms with Gasteiger partial charge in [-0.05, 0) is 29.2 Å². The van der Waals surface area contributed by atoms with Crippen molar-refractivity contribution in [2.24, 2.45) is 5.41 Å². The van der Waals surface area contributed by atoms with Gasteiger partial charge in [-0.25, -0.2) is 4.79 Å². The Labute approximate surface area is 123 Å². The van der Waals surface area contributed by atoms with E-state index in [0.29, 0.717) is 5.02 Å². The normalized spacial score (nSPS) is 13.2. The quantitative estimate of drug-likeness (QED) is 0.839. The van der Waals surface area contributed by atoms with Crippen LogP contribution in [0.1, 0.15) is 26.3 Å². The highest BCUT2D eigenvalue weighted by Gasteiger charge is 2.31. The summed E-state index contributed by atoms with van der Waals surface area (Å²) in [5.41, 5.74) is 0.209. The van der Waals surface area contributed by atoms with Gasteiger partial charge in [0.2, 0.25) is 5.91 Å². The highest BCUT2D eigenvalue weighted by Crippen LogP contribution is 2.19. The molecule has 4 nitrogen and oxygen atoms in total. The van der Waals surface area contributed by atoms with Gasteiger partial charge in [0.05, 0.1) is 0 Å². The fraction of sp³-hybridized carbons (Fsp3) is 0.333. The Morgan fingerprint density at radius 2 is 2.00 bits per heavy atom. The molecule has 0 aliphatic heterocycles. The summed E-state index contributed by atoms with van der Waals surface area (Å²) < 4.78 is 0. The van der Waals surface area contributed by atoms with Gasteiger partial charge in [-0.2, -0.15) is 0 Å². The van der Waals surface area contributed by atoms with E-state index in [9.17, 15) is 9.59 Å². The zero-order valence-corrected chi connectivity index (χ0v) is 12.4.